The molecule has 144 valence electrons. The highest BCUT2D eigenvalue weighted by molar-refractivity contribution is 6.30. The van der Waals surface area contributed by atoms with Crippen LogP contribution in [0.5, 0.6) is 0 Å². The van der Waals surface area contributed by atoms with Crippen molar-refractivity contribution in [1.29, 1.82) is 0 Å². The topological polar surface area (TPSA) is 66.5 Å². The third-order valence-electron chi connectivity index (χ3n) is 4.85. The summed E-state index contributed by atoms with van der Waals surface area (Å²) in [6.45, 7) is 2.03. The van der Waals surface area contributed by atoms with Crippen molar-refractivity contribution in [2.45, 2.75) is 13.5 Å². The van der Waals surface area contributed by atoms with Gasteiger partial charge in [0.15, 0.2) is 0 Å². The highest BCUT2D eigenvalue weighted by Gasteiger charge is 2.36. The fraction of sp³-hybridized carbons (Fsp3) is 0.0870. The number of imide groups is 1. The number of hydrogen-bond donors (Lipinski definition) is 1. The molecule has 0 radical (unpaired) electrons. The Balaban J connectivity index is 1.57. The van der Waals surface area contributed by atoms with E-state index in [1.54, 1.807) is 24.3 Å². The standard InChI is InChI=1S/C23H17ClN2O3/c1-14-11-17(24)8-10-20(14)25-21(27)16-7-9-18-19(12-16)23(29)26(22(18)28)13-15-5-3-2-4-6-15/h2-12H,13H2,1H3,(H,25,27). The molecule has 0 fully saturated rings. The lowest BCUT2D eigenvalue weighted by atomic mass is 10.0. The summed E-state index contributed by atoms with van der Waals surface area (Å²) in [7, 11) is 0. The van der Waals surface area contributed by atoms with E-state index in [1.165, 1.54) is 17.0 Å². The van der Waals surface area contributed by atoms with Crippen molar-refractivity contribution >= 4 is 35.0 Å². The highest BCUT2D eigenvalue weighted by atomic mass is 35.5. The minimum Gasteiger partial charge on any atom is -0.322 e. The summed E-state index contributed by atoms with van der Waals surface area (Å²) in [5.41, 5.74) is 3.18. The number of halogens is 1. The molecule has 6 heteroatoms. The van der Waals surface area contributed by atoms with E-state index in [9.17, 15) is 14.4 Å². The van der Waals surface area contributed by atoms with Gasteiger partial charge in [-0.25, -0.2) is 0 Å². The second-order valence-electron chi connectivity index (χ2n) is 6.86. The number of rotatable bonds is 4. The largest absolute Gasteiger partial charge is 0.322 e. The molecule has 1 heterocycles. The number of hydrogen-bond acceptors (Lipinski definition) is 3. The minimum atomic E-state index is -0.397. The lowest BCUT2D eigenvalue weighted by Crippen LogP contribution is -2.29. The average molecular weight is 405 g/mol. The van der Waals surface area contributed by atoms with Crippen molar-refractivity contribution in [2.75, 3.05) is 5.32 Å². The zero-order chi connectivity index (χ0) is 20.5. The first-order chi connectivity index (χ1) is 13.9. The predicted octanol–water partition coefficient (Wildman–Crippen LogP) is 4.70. The van der Waals surface area contributed by atoms with E-state index >= 15 is 0 Å². The van der Waals surface area contributed by atoms with E-state index in [-0.39, 0.29) is 23.9 Å². The molecule has 1 N–H and O–H groups in total. The van der Waals surface area contributed by atoms with E-state index in [4.69, 9.17) is 11.6 Å². The molecule has 29 heavy (non-hydrogen) atoms. The molecule has 3 amide bonds. The monoisotopic (exact) mass is 404 g/mol. The Kier molecular flexibility index (Phi) is 4.91. The first kappa shape index (κ1) is 18.9. The van der Waals surface area contributed by atoms with Gasteiger partial charge in [-0.15, -0.1) is 0 Å². The number of benzene rings is 3. The Morgan fingerprint density at radius 3 is 2.38 bits per heavy atom. The molecule has 5 nitrogen and oxygen atoms in total. The zero-order valence-corrected chi connectivity index (χ0v) is 16.4. The third-order valence-corrected chi connectivity index (χ3v) is 5.09. The molecule has 0 saturated heterocycles. The molecule has 4 rings (SSSR count). The summed E-state index contributed by atoms with van der Waals surface area (Å²) < 4.78 is 0. The van der Waals surface area contributed by atoms with Gasteiger partial charge in [-0.3, -0.25) is 19.3 Å². The number of aryl methyl sites for hydroxylation is 1. The van der Waals surface area contributed by atoms with Crippen LogP contribution in [0.25, 0.3) is 0 Å². The van der Waals surface area contributed by atoms with Crippen LogP contribution in [0, 0.1) is 6.92 Å². The first-order valence-corrected chi connectivity index (χ1v) is 9.43. The van der Waals surface area contributed by atoms with Crippen LogP contribution in [0.4, 0.5) is 5.69 Å². The predicted molar refractivity (Wildman–Crippen MR) is 111 cm³/mol. The van der Waals surface area contributed by atoms with Crippen LogP contribution in [0.15, 0.2) is 66.7 Å². The summed E-state index contributed by atoms with van der Waals surface area (Å²) in [6, 6.07) is 19.0. The number of amides is 3. The fourth-order valence-electron chi connectivity index (χ4n) is 3.30. The minimum absolute atomic E-state index is 0.193. The van der Waals surface area contributed by atoms with Crippen molar-refractivity contribution in [1.82, 2.24) is 4.90 Å². The van der Waals surface area contributed by atoms with Crippen molar-refractivity contribution in [2.24, 2.45) is 0 Å². The quantitative estimate of drug-likeness (QED) is 0.641. The molecule has 0 bridgehead atoms. The van der Waals surface area contributed by atoms with Crippen molar-refractivity contribution < 1.29 is 14.4 Å². The van der Waals surface area contributed by atoms with E-state index in [0.717, 1.165) is 11.1 Å². The molecular weight excluding hydrogens is 388 g/mol. The fourth-order valence-corrected chi connectivity index (χ4v) is 3.53. The Hall–Kier alpha value is -3.44. The van der Waals surface area contributed by atoms with Gasteiger partial charge in [0.1, 0.15) is 0 Å². The Morgan fingerprint density at radius 2 is 1.66 bits per heavy atom. The second kappa shape index (κ2) is 7.53. The van der Waals surface area contributed by atoms with Gasteiger partial charge in [0.2, 0.25) is 0 Å². The lowest BCUT2D eigenvalue weighted by molar-refractivity contribution is 0.0642. The number of nitrogens with one attached hydrogen (secondary N) is 1. The first-order valence-electron chi connectivity index (χ1n) is 9.06. The number of anilines is 1. The summed E-state index contributed by atoms with van der Waals surface area (Å²) in [4.78, 5) is 39.3. The smallest absolute Gasteiger partial charge is 0.261 e. The molecule has 0 unspecified atom stereocenters. The molecule has 0 aromatic heterocycles. The van der Waals surface area contributed by atoms with Gasteiger partial charge < -0.3 is 5.32 Å². The lowest BCUT2D eigenvalue weighted by Gasteiger charge is -2.13. The van der Waals surface area contributed by atoms with Crippen LogP contribution in [0.2, 0.25) is 5.02 Å². The Morgan fingerprint density at radius 1 is 0.931 bits per heavy atom. The highest BCUT2D eigenvalue weighted by Crippen LogP contribution is 2.26. The molecule has 0 atom stereocenters. The second-order valence-corrected chi connectivity index (χ2v) is 7.29. The Labute approximate surface area is 172 Å². The van der Waals surface area contributed by atoms with Gasteiger partial charge >= 0.3 is 0 Å². The summed E-state index contributed by atoms with van der Waals surface area (Å²) in [6.07, 6.45) is 0. The number of nitrogens with zero attached hydrogens (tertiary/aromatic N) is 1. The van der Waals surface area contributed by atoms with Gasteiger partial charge in [-0.05, 0) is 54.4 Å². The molecule has 1 aliphatic heterocycles. The number of carbonyl (C=O) groups excluding carboxylic acids is 3. The maximum Gasteiger partial charge on any atom is 0.261 e. The summed E-state index contributed by atoms with van der Waals surface area (Å²) >= 11 is 5.95. The summed E-state index contributed by atoms with van der Waals surface area (Å²) in [5, 5.41) is 3.40. The van der Waals surface area contributed by atoms with Gasteiger partial charge in [0.25, 0.3) is 17.7 Å². The number of carbonyl (C=O) groups is 3. The van der Waals surface area contributed by atoms with Gasteiger partial charge in [0.05, 0.1) is 17.7 Å². The normalized spacial score (nSPS) is 12.8. The van der Waals surface area contributed by atoms with E-state index in [2.05, 4.69) is 5.32 Å². The van der Waals surface area contributed by atoms with Crippen LogP contribution in [-0.4, -0.2) is 22.6 Å². The van der Waals surface area contributed by atoms with Gasteiger partial charge in [0, 0.05) is 16.3 Å². The van der Waals surface area contributed by atoms with Crippen molar-refractivity contribution in [3.63, 3.8) is 0 Å². The van der Waals surface area contributed by atoms with Crippen LogP contribution in [0.1, 0.15) is 42.2 Å². The van der Waals surface area contributed by atoms with Crippen molar-refractivity contribution in [3.8, 4) is 0 Å². The molecule has 1 aliphatic rings. The molecule has 3 aromatic rings. The molecule has 0 spiro atoms. The van der Waals surface area contributed by atoms with Crippen LogP contribution in [0.3, 0.4) is 0 Å². The molecule has 0 saturated carbocycles. The zero-order valence-electron chi connectivity index (χ0n) is 15.6. The van der Waals surface area contributed by atoms with E-state index in [1.807, 2.05) is 37.3 Å². The summed E-state index contributed by atoms with van der Waals surface area (Å²) in [5.74, 6) is -1.11. The maximum absolute atomic E-state index is 12.8. The van der Waals surface area contributed by atoms with Gasteiger partial charge in [-0.2, -0.15) is 0 Å². The number of fused-ring (bicyclic) bond motifs is 1. The molecule has 0 aliphatic carbocycles. The maximum atomic E-state index is 12.8. The van der Waals surface area contributed by atoms with Crippen LogP contribution < -0.4 is 5.32 Å². The molecular formula is C23H17ClN2O3. The average Bonchev–Trinajstić information content (AvgIpc) is 2.95. The van der Waals surface area contributed by atoms with Gasteiger partial charge in [-0.1, -0.05) is 41.9 Å². The SMILES string of the molecule is Cc1cc(Cl)ccc1NC(=O)c1ccc2c(c1)C(=O)N(Cc1ccccc1)C2=O. The van der Waals surface area contributed by atoms with E-state index < -0.39 is 5.91 Å². The van der Waals surface area contributed by atoms with E-state index in [0.29, 0.717) is 21.8 Å². The van der Waals surface area contributed by atoms with Crippen molar-refractivity contribution in [3.05, 3.63) is 99.6 Å². The Bertz CT molecular complexity index is 1140. The van der Waals surface area contributed by atoms with Crippen LogP contribution in [-0.2, 0) is 6.54 Å². The molecule has 3 aromatic carbocycles. The third kappa shape index (κ3) is 3.65. The van der Waals surface area contributed by atoms with Crippen LogP contribution >= 0.6 is 11.6 Å².